The molecule has 1 fully saturated rings. The summed E-state index contributed by atoms with van der Waals surface area (Å²) in [5, 5.41) is 13.1. The second-order valence-electron chi connectivity index (χ2n) is 4.29. The van der Waals surface area contributed by atoms with E-state index in [1.165, 1.54) is 21.3 Å². The van der Waals surface area contributed by atoms with Gasteiger partial charge in [0.05, 0.1) is 18.9 Å². The molecule has 0 bridgehead atoms. The van der Waals surface area contributed by atoms with Crippen LogP contribution in [0, 0.1) is 0 Å². The van der Waals surface area contributed by atoms with E-state index < -0.39 is 22.2 Å². The molecule has 10 heteroatoms. The van der Waals surface area contributed by atoms with E-state index in [4.69, 9.17) is 4.74 Å². The molecule has 1 aliphatic heterocycles. The Morgan fingerprint density at radius 2 is 2.15 bits per heavy atom. The number of hydrogen-bond acceptors (Lipinski definition) is 5. The van der Waals surface area contributed by atoms with Crippen molar-refractivity contribution >= 4 is 16.2 Å². The average molecular weight is 304 g/mol. The molecule has 9 nitrogen and oxygen atoms in total. The number of ether oxygens (including phenoxy) is 1. The zero-order valence-corrected chi connectivity index (χ0v) is 11.7. The van der Waals surface area contributed by atoms with Crippen molar-refractivity contribution in [3.05, 3.63) is 18.0 Å². The minimum Gasteiger partial charge on any atom is -0.480 e. The normalized spacial score (nSPS) is 18.9. The highest BCUT2D eigenvalue weighted by Gasteiger charge is 2.32. The van der Waals surface area contributed by atoms with Gasteiger partial charge < -0.3 is 9.84 Å². The molecule has 0 saturated carbocycles. The van der Waals surface area contributed by atoms with E-state index in [1.54, 1.807) is 7.05 Å². The fraction of sp³-hybridized carbons (Fsp3) is 0.600. The lowest BCUT2D eigenvalue weighted by molar-refractivity contribution is -0.139. The smallest absolute Gasteiger partial charge is 0.327 e. The minimum absolute atomic E-state index is 0.201. The topological polar surface area (TPSA) is 114 Å². The van der Waals surface area contributed by atoms with Gasteiger partial charge in [0.25, 0.3) is 10.2 Å². The van der Waals surface area contributed by atoms with Gasteiger partial charge in [-0.05, 0) is 6.07 Å². The summed E-state index contributed by atoms with van der Waals surface area (Å²) in [6, 6.07) is 0.0796. The molecular weight excluding hydrogens is 288 g/mol. The van der Waals surface area contributed by atoms with Gasteiger partial charge in [0, 0.05) is 26.3 Å². The van der Waals surface area contributed by atoms with Gasteiger partial charge in [-0.15, -0.1) is 0 Å². The number of aliphatic carboxylic acids is 1. The molecule has 0 amide bonds. The molecule has 0 radical (unpaired) electrons. The number of carboxylic acids is 1. The molecule has 112 valence electrons. The minimum atomic E-state index is -3.89. The maximum absolute atomic E-state index is 12.2. The van der Waals surface area contributed by atoms with Crippen molar-refractivity contribution in [3.63, 3.8) is 0 Å². The number of nitrogens with zero attached hydrogens (tertiary/aromatic N) is 3. The molecular formula is C10H16N4O5S. The van der Waals surface area contributed by atoms with Crippen LogP contribution in [0.1, 0.15) is 11.7 Å². The summed E-state index contributed by atoms with van der Waals surface area (Å²) in [6.45, 7) is 0.995. The second kappa shape index (κ2) is 5.87. The summed E-state index contributed by atoms with van der Waals surface area (Å²) in [4.78, 5) is 11.3. The molecule has 2 heterocycles. The van der Waals surface area contributed by atoms with Crippen LogP contribution in [-0.4, -0.2) is 59.9 Å². The van der Waals surface area contributed by atoms with Gasteiger partial charge in [0.1, 0.15) is 0 Å². The summed E-state index contributed by atoms with van der Waals surface area (Å²) < 4.78 is 34.1. The first-order chi connectivity index (χ1) is 9.42. The SMILES string of the molecule is Cn1nccc1C(NS(=O)(=O)N1CCOCC1)C(=O)O. The third kappa shape index (κ3) is 3.15. The van der Waals surface area contributed by atoms with Crippen LogP contribution in [0.5, 0.6) is 0 Å². The number of morpholine rings is 1. The van der Waals surface area contributed by atoms with Crippen LogP contribution in [0.3, 0.4) is 0 Å². The van der Waals surface area contributed by atoms with Crippen molar-refractivity contribution in [2.75, 3.05) is 26.3 Å². The molecule has 1 aliphatic rings. The van der Waals surface area contributed by atoms with Crippen molar-refractivity contribution < 1.29 is 23.1 Å². The van der Waals surface area contributed by atoms with Crippen LogP contribution in [0.2, 0.25) is 0 Å². The Morgan fingerprint density at radius 1 is 1.50 bits per heavy atom. The average Bonchev–Trinajstić information content (AvgIpc) is 2.83. The Bertz CT molecular complexity index is 578. The molecule has 0 aliphatic carbocycles. The lowest BCUT2D eigenvalue weighted by atomic mass is 10.2. The summed E-state index contributed by atoms with van der Waals surface area (Å²) in [7, 11) is -2.34. The molecule has 1 unspecified atom stereocenters. The van der Waals surface area contributed by atoms with E-state index >= 15 is 0 Å². The van der Waals surface area contributed by atoms with Crippen molar-refractivity contribution in [1.82, 2.24) is 18.8 Å². The molecule has 20 heavy (non-hydrogen) atoms. The zero-order chi connectivity index (χ0) is 14.8. The first-order valence-corrected chi connectivity index (χ1v) is 7.41. The molecule has 2 rings (SSSR count). The Labute approximate surface area is 116 Å². The lowest BCUT2D eigenvalue weighted by Gasteiger charge is -2.27. The van der Waals surface area contributed by atoms with Crippen molar-refractivity contribution in [2.45, 2.75) is 6.04 Å². The van der Waals surface area contributed by atoms with E-state index in [0.717, 1.165) is 0 Å². The van der Waals surface area contributed by atoms with Crippen LogP contribution in [-0.2, 0) is 26.8 Å². The van der Waals surface area contributed by atoms with Gasteiger partial charge in [-0.25, -0.2) is 0 Å². The fourth-order valence-corrected chi connectivity index (χ4v) is 3.21. The highest BCUT2D eigenvalue weighted by atomic mass is 32.2. The number of carboxylic acid groups (broad SMARTS) is 1. The number of nitrogens with one attached hydrogen (secondary N) is 1. The van der Waals surface area contributed by atoms with Crippen molar-refractivity contribution in [1.29, 1.82) is 0 Å². The number of aromatic nitrogens is 2. The highest BCUT2D eigenvalue weighted by Crippen LogP contribution is 2.15. The first kappa shape index (κ1) is 14.9. The van der Waals surface area contributed by atoms with Crippen LogP contribution >= 0.6 is 0 Å². The highest BCUT2D eigenvalue weighted by molar-refractivity contribution is 7.87. The van der Waals surface area contributed by atoms with Crippen LogP contribution in [0.15, 0.2) is 12.3 Å². The van der Waals surface area contributed by atoms with Gasteiger partial charge in [0.15, 0.2) is 6.04 Å². The standard InChI is InChI=1S/C10H16N4O5S/c1-13-8(2-3-11-13)9(10(15)16)12-20(17,18)14-4-6-19-7-5-14/h2-3,9,12H,4-7H2,1H3,(H,15,16). The number of rotatable bonds is 5. The van der Waals surface area contributed by atoms with E-state index in [-0.39, 0.29) is 18.8 Å². The monoisotopic (exact) mass is 304 g/mol. The maximum atomic E-state index is 12.2. The summed E-state index contributed by atoms with van der Waals surface area (Å²) in [5.41, 5.74) is 0.259. The number of hydrogen-bond donors (Lipinski definition) is 2. The molecule has 2 N–H and O–H groups in total. The molecule has 1 aromatic rings. The molecule has 0 aromatic carbocycles. The predicted octanol–water partition coefficient (Wildman–Crippen LogP) is -1.29. The van der Waals surface area contributed by atoms with E-state index in [1.807, 2.05) is 0 Å². The van der Waals surface area contributed by atoms with Crippen LogP contribution in [0.4, 0.5) is 0 Å². The van der Waals surface area contributed by atoms with Gasteiger partial charge in [0.2, 0.25) is 0 Å². The number of carbonyl (C=O) groups is 1. The summed E-state index contributed by atoms with van der Waals surface area (Å²) in [5.74, 6) is -1.29. The molecule has 1 aromatic heterocycles. The second-order valence-corrected chi connectivity index (χ2v) is 5.99. The largest absolute Gasteiger partial charge is 0.480 e. The maximum Gasteiger partial charge on any atom is 0.327 e. The Balaban J connectivity index is 2.20. The van der Waals surface area contributed by atoms with Gasteiger partial charge in [-0.2, -0.15) is 22.5 Å². The van der Waals surface area contributed by atoms with Gasteiger partial charge in [-0.3, -0.25) is 9.48 Å². The fourth-order valence-electron chi connectivity index (χ4n) is 1.92. The predicted molar refractivity (Wildman–Crippen MR) is 68.0 cm³/mol. The van der Waals surface area contributed by atoms with E-state index in [9.17, 15) is 18.3 Å². The lowest BCUT2D eigenvalue weighted by Crippen LogP contribution is -2.49. The third-order valence-corrected chi connectivity index (χ3v) is 4.56. The van der Waals surface area contributed by atoms with Crippen molar-refractivity contribution in [2.24, 2.45) is 7.05 Å². The third-order valence-electron chi connectivity index (χ3n) is 2.98. The number of aryl methyl sites for hydroxylation is 1. The Kier molecular flexibility index (Phi) is 4.38. The van der Waals surface area contributed by atoms with Crippen LogP contribution in [0.25, 0.3) is 0 Å². The van der Waals surface area contributed by atoms with Gasteiger partial charge in [-0.1, -0.05) is 0 Å². The first-order valence-electron chi connectivity index (χ1n) is 5.97. The van der Waals surface area contributed by atoms with Crippen LogP contribution < -0.4 is 4.72 Å². The molecule has 0 spiro atoms. The molecule has 1 saturated heterocycles. The molecule has 1 atom stereocenters. The van der Waals surface area contributed by atoms with E-state index in [0.29, 0.717) is 13.2 Å². The van der Waals surface area contributed by atoms with Gasteiger partial charge >= 0.3 is 5.97 Å². The van der Waals surface area contributed by atoms with E-state index in [2.05, 4.69) is 9.82 Å². The Morgan fingerprint density at radius 3 is 2.65 bits per heavy atom. The summed E-state index contributed by atoms with van der Waals surface area (Å²) in [6.07, 6.45) is 1.41. The zero-order valence-electron chi connectivity index (χ0n) is 10.9. The Hall–Kier alpha value is -1.49. The quantitative estimate of drug-likeness (QED) is 0.700. The van der Waals surface area contributed by atoms with Crippen molar-refractivity contribution in [3.8, 4) is 0 Å². The summed E-state index contributed by atoms with van der Waals surface area (Å²) >= 11 is 0.